The number of hydrogen-bond donors (Lipinski definition) is 2. The lowest BCUT2D eigenvalue weighted by atomic mass is 9.99. The minimum atomic E-state index is -4.07. The molecule has 0 bridgehead atoms. The molecular weight excluding hydrogens is 493 g/mol. The molecule has 9 nitrogen and oxygen atoms in total. The van der Waals surface area contributed by atoms with E-state index < -0.39 is 28.1 Å². The summed E-state index contributed by atoms with van der Waals surface area (Å²) in [5, 5.41) is 9.31. The van der Waals surface area contributed by atoms with Gasteiger partial charge in [0.05, 0.1) is 24.8 Å². The Morgan fingerprint density at radius 1 is 1.15 bits per heavy atom. The maximum absolute atomic E-state index is 13.3. The lowest BCUT2D eigenvalue weighted by molar-refractivity contribution is -0.139. The highest BCUT2D eigenvalue weighted by molar-refractivity contribution is 7.86. The standard InChI is InChI=1S/C21H21Cl2N3O6S/c1-3-32-21(28)17-12-26(11-13-4-6-14(7-5-13)20(27)24-29)33(30,31)25(2)19(17)16-9-8-15(22)10-18(16)23/h4-10,12,19,29H,3,11H2,1-2H3,(H,24,27). The van der Waals surface area contributed by atoms with E-state index in [1.807, 2.05) is 0 Å². The van der Waals surface area contributed by atoms with Crippen LogP contribution in [0.3, 0.4) is 0 Å². The Labute approximate surface area is 201 Å². The first-order valence-electron chi connectivity index (χ1n) is 9.72. The second-order valence-electron chi connectivity index (χ2n) is 7.08. The summed E-state index contributed by atoms with van der Waals surface area (Å²) in [7, 11) is -2.72. The number of ether oxygens (including phenoxy) is 1. The number of nitrogens with one attached hydrogen (secondary N) is 1. The predicted molar refractivity (Wildman–Crippen MR) is 122 cm³/mol. The highest BCUT2D eigenvalue weighted by atomic mass is 35.5. The minimum Gasteiger partial charge on any atom is -0.463 e. The largest absolute Gasteiger partial charge is 0.463 e. The Kier molecular flexibility index (Phi) is 7.65. The van der Waals surface area contributed by atoms with Crippen LogP contribution in [-0.4, -0.2) is 47.8 Å². The topological polar surface area (TPSA) is 116 Å². The molecule has 2 aromatic rings. The van der Waals surface area contributed by atoms with Gasteiger partial charge in [-0.05, 0) is 42.3 Å². The third-order valence-corrected chi connectivity index (χ3v) is 7.35. The lowest BCUT2D eigenvalue weighted by Gasteiger charge is -2.38. The molecule has 1 unspecified atom stereocenters. The molecule has 1 amide bonds. The van der Waals surface area contributed by atoms with Crippen molar-refractivity contribution >= 4 is 45.3 Å². The van der Waals surface area contributed by atoms with Crippen molar-refractivity contribution in [2.75, 3.05) is 13.7 Å². The number of likely N-dealkylation sites (N-methyl/N-ethyl adjacent to an activating group) is 1. The molecular formula is C21H21Cl2N3O6S. The van der Waals surface area contributed by atoms with Gasteiger partial charge in [0.15, 0.2) is 0 Å². The molecule has 12 heteroatoms. The number of halogens is 2. The molecule has 1 aliphatic rings. The van der Waals surface area contributed by atoms with Crippen molar-refractivity contribution in [3.05, 3.63) is 81.0 Å². The third-order valence-electron chi connectivity index (χ3n) is 5.03. The van der Waals surface area contributed by atoms with Crippen LogP contribution in [0.15, 0.2) is 54.2 Å². The SMILES string of the molecule is CCOC(=O)C1=CN(Cc2ccc(C(=O)NO)cc2)S(=O)(=O)N(C)C1c1ccc(Cl)cc1Cl. The molecule has 0 radical (unpaired) electrons. The van der Waals surface area contributed by atoms with E-state index in [1.54, 1.807) is 31.2 Å². The number of carbonyl (C=O) groups excluding carboxylic acids is 2. The van der Waals surface area contributed by atoms with Gasteiger partial charge in [-0.2, -0.15) is 12.7 Å². The fourth-order valence-corrected chi connectivity index (χ4v) is 5.28. The van der Waals surface area contributed by atoms with Crippen LogP contribution in [-0.2, 0) is 26.3 Å². The predicted octanol–water partition coefficient (Wildman–Crippen LogP) is 3.29. The molecule has 2 N–H and O–H groups in total. The lowest BCUT2D eigenvalue weighted by Crippen LogP contribution is -2.46. The van der Waals surface area contributed by atoms with E-state index in [9.17, 15) is 18.0 Å². The van der Waals surface area contributed by atoms with Crippen LogP contribution in [0.4, 0.5) is 0 Å². The van der Waals surface area contributed by atoms with Gasteiger partial charge in [-0.25, -0.2) is 10.3 Å². The van der Waals surface area contributed by atoms with E-state index in [1.165, 1.54) is 36.9 Å². The number of rotatable bonds is 6. The molecule has 0 aromatic heterocycles. The highest BCUT2D eigenvalue weighted by Gasteiger charge is 2.42. The first-order valence-corrected chi connectivity index (χ1v) is 11.9. The van der Waals surface area contributed by atoms with Gasteiger partial charge in [0.2, 0.25) is 0 Å². The van der Waals surface area contributed by atoms with E-state index in [0.717, 1.165) is 8.61 Å². The van der Waals surface area contributed by atoms with Crippen molar-refractivity contribution in [1.29, 1.82) is 0 Å². The van der Waals surface area contributed by atoms with E-state index >= 15 is 0 Å². The van der Waals surface area contributed by atoms with E-state index in [-0.39, 0.29) is 29.3 Å². The van der Waals surface area contributed by atoms with Crippen LogP contribution >= 0.6 is 23.2 Å². The van der Waals surface area contributed by atoms with Gasteiger partial charge in [0, 0.05) is 28.9 Å². The van der Waals surface area contributed by atoms with Crippen LogP contribution in [0.25, 0.3) is 0 Å². The second kappa shape index (κ2) is 10.1. The number of benzene rings is 2. The van der Waals surface area contributed by atoms with Crippen molar-refractivity contribution in [1.82, 2.24) is 14.1 Å². The summed E-state index contributed by atoms with van der Waals surface area (Å²) in [6.45, 7) is 1.63. The van der Waals surface area contributed by atoms with Gasteiger partial charge < -0.3 is 4.74 Å². The summed E-state index contributed by atoms with van der Waals surface area (Å²) >= 11 is 12.3. The summed E-state index contributed by atoms with van der Waals surface area (Å²) in [5.74, 6) is -1.38. The van der Waals surface area contributed by atoms with Gasteiger partial charge in [0.25, 0.3) is 5.91 Å². The summed E-state index contributed by atoms with van der Waals surface area (Å²) in [6, 6.07) is 9.53. The number of carbonyl (C=O) groups is 2. The molecule has 1 atom stereocenters. The van der Waals surface area contributed by atoms with Crippen LogP contribution in [0.2, 0.25) is 10.0 Å². The van der Waals surface area contributed by atoms with E-state index in [0.29, 0.717) is 16.1 Å². The summed E-state index contributed by atoms with van der Waals surface area (Å²) in [6.07, 6.45) is 1.23. The van der Waals surface area contributed by atoms with Crippen molar-refractivity contribution in [2.45, 2.75) is 19.5 Å². The highest BCUT2D eigenvalue weighted by Crippen LogP contribution is 2.40. The Bertz CT molecular complexity index is 1200. The van der Waals surface area contributed by atoms with Crippen molar-refractivity contribution in [3.63, 3.8) is 0 Å². The number of hydroxylamine groups is 1. The van der Waals surface area contributed by atoms with Crippen molar-refractivity contribution in [2.24, 2.45) is 0 Å². The average molecular weight is 514 g/mol. The third kappa shape index (κ3) is 5.15. The molecule has 1 aliphatic heterocycles. The zero-order chi connectivity index (χ0) is 24.3. The molecule has 1 heterocycles. The fourth-order valence-electron chi connectivity index (χ4n) is 3.39. The Morgan fingerprint density at radius 2 is 1.82 bits per heavy atom. The fraction of sp³-hybridized carbons (Fsp3) is 0.238. The monoisotopic (exact) mass is 513 g/mol. The minimum absolute atomic E-state index is 0.0784. The number of nitrogens with zero attached hydrogens (tertiary/aromatic N) is 2. The van der Waals surface area contributed by atoms with Crippen LogP contribution < -0.4 is 5.48 Å². The Hall–Kier alpha value is -2.63. The van der Waals surface area contributed by atoms with Crippen molar-refractivity contribution in [3.8, 4) is 0 Å². The molecule has 3 rings (SSSR count). The zero-order valence-corrected chi connectivity index (χ0v) is 20.0. The van der Waals surface area contributed by atoms with Gasteiger partial charge in [-0.15, -0.1) is 0 Å². The zero-order valence-electron chi connectivity index (χ0n) is 17.7. The molecule has 33 heavy (non-hydrogen) atoms. The maximum atomic E-state index is 13.3. The molecule has 176 valence electrons. The normalized spacial score (nSPS) is 17.9. The van der Waals surface area contributed by atoms with Gasteiger partial charge in [0.1, 0.15) is 0 Å². The summed E-state index contributed by atoms with van der Waals surface area (Å²) in [4.78, 5) is 24.3. The number of esters is 1. The van der Waals surface area contributed by atoms with Gasteiger partial charge in [-0.3, -0.25) is 14.3 Å². The summed E-state index contributed by atoms with van der Waals surface area (Å²) < 4.78 is 33.9. The first-order chi connectivity index (χ1) is 15.6. The Balaban J connectivity index is 2.05. The van der Waals surface area contributed by atoms with Gasteiger partial charge in [-0.1, -0.05) is 41.4 Å². The first kappa shape index (κ1) is 25.0. The van der Waals surface area contributed by atoms with Crippen LogP contribution in [0.1, 0.15) is 34.5 Å². The summed E-state index contributed by atoms with van der Waals surface area (Å²) in [5.41, 5.74) is 2.73. The molecule has 2 aromatic carbocycles. The molecule has 0 fully saturated rings. The molecule has 0 aliphatic carbocycles. The quantitative estimate of drug-likeness (QED) is 0.347. The van der Waals surface area contributed by atoms with Gasteiger partial charge >= 0.3 is 16.2 Å². The molecule has 0 saturated heterocycles. The van der Waals surface area contributed by atoms with Crippen molar-refractivity contribution < 1.29 is 28.0 Å². The number of amides is 1. The smallest absolute Gasteiger partial charge is 0.337 e. The molecule has 0 spiro atoms. The second-order valence-corrected chi connectivity index (χ2v) is 9.86. The van der Waals surface area contributed by atoms with E-state index in [2.05, 4.69) is 0 Å². The van der Waals surface area contributed by atoms with Crippen LogP contribution in [0, 0.1) is 0 Å². The van der Waals surface area contributed by atoms with Crippen LogP contribution in [0.5, 0.6) is 0 Å². The molecule has 0 saturated carbocycles. The average Bonchev–Trinajstić information content (AvgIpc) is 2.78. The number of hydrogen-bond acceptors (Lipinski definition) is 6. The van der Waals surface area contributed by atoms with E-state index in [4.69, 9.17) is 33.1 Å². The Morgan fingerprint density at radius 3 is 2.39 bits per heavy atom. The maximum Gasteiger partial charge on any atom is 0.337 e.